The minimum Gasteiger partial charge on any atom is -0.352 e. The molecule has 0 radical (unpaired) electrons. The Hall–Kier alpha value is -3.65. The molecule has 1 aliphatic rings. The minimum atomic E-state index is -4.05. The molecule has 38 heavy (non-hydrogen) atoms. The van der Waals surface area contributed by atoms with E-state index in [4.69, 9.17) is 0 Å². The van der Waals surface area contributed by atoms with Crippen molar-refractivity contribution in [3.05, 3.63) is 96.1 Å². The predicted molar refractivity (Wildman–Crippen MR) is 149 cm³/mol. The van der Waals surface area contributed by atoms with Gasteiger partial charge in [-0.3, -0.25) is 13.9 Å². The quantitative estimate of drug-likeness (QED) is 0.411. The second-order valence-corrected chi connectivity index (χ2v) is 11.7. The first-order chi connectivity index (χ1) is 18.3. The van der Waals surface area contributed by atoms with Crippen LogP contribution >= 0.6 is 0 Å². The van der Waals surface area contributed by atoms with Crippen LogP contribution in [0.1, 0.15) is 43.7 Å². The highest BCUT2D eigenvalue weighted by Crippen LogP contribution is 2.25. The van der Waals surface area contributed by atoms with Crippen LogP contribution in [0.4, 0.5) is 5.69 Å². The van der Waals surface area contributed by atoms with Crippen LogP contribution in [0.15, 0.2) is 89.8 Å². The molecule has 0 spiro atoms. The normalized spacial score (nSPS) is 14.6. The largest absolute Gasteiger partial charge is 0.352 e. The molecule has 0 heterocycles. The maximum atomic E-state index is 13.9. The van der Waals surface area contributed by atoms with Gasteiger partial charge in [0.05, 0.1) is 10.6 Å². The van der Waals surface area contributed by atoms with E-state index in [0.717, 1.165) is 41.1 Å². The lowest BCUT2D eigenvalue weighted by Gasteiger charge is -2.32. The number of carbonyl (C=O) groups is 2. The minimum absolute atomic E-state index is 0.0935. The van der Waals surface area contributed by atoms with Gasteiger partial charge in [-0.15, -0.1) is 0 Å². The van der Waals surface area contributed by atoms with Crippen LogP contribution in [0.25, 0.3) is 0 Å². The lowest BCUT2D eigenvalue weighted by atomic mass is 10.1. The molecule has 1 aliphatic carbocycles. The summed E-state index contributed by atoms with van der Waals surface area (Å²) in [5.74, 6) is -0.682. The summed E-state index contributed by atoms with van der Waals surface area (Å²) in [5.41, 5.74) is 2.12. The van der Waals surface area contributed by atoms with Gasteiger partial charge >= 0.3 is 0 Å². The maximum Gasteiger partial charge on any atom is 0.264 e. The molecule has 1 fully saturated rings. The van der Waals surface area contributed by atoms with E-state index in [9.17, 15) is 18.0 Å². The van der Waals surface area contributed by atoms with Gasteiger partial charge in [-0.2, -0.15) is 0 Å². The molecule has 3 aromatic carbocycles. The standard InChI is InChI=1S/C30H35N3O4S/c1-23-12-11-17-27(20-23)33(38(36,37)28-18-7-4-8-19-28)22-29(34)32(21-25-13-5-3-6-14-25)24(2)30(35)31-26-15-9-10-16-26/h3-8,11-14,17-20,24,26H,9-10,15-16,21-22H2,1-2H3,(H,31,35)/t24-/m1/s1. The van der Waals surface area contributed by atoms with Gasteiger partial charge in [0.2, 0.25) is 11.8 Å². The SMILES string of the molecule is Cc1cccc(N(CC(=O)N(Cc2ccccc2)[C@H](C)C(=O)NC2CCCC2)S(=O)(=O)c2ccccc2)c1. The highest BCUT2D eigenvalue weighted by molar-refractivity contribution is 7.92. The molecule has 1 saturated carbocycles. The van der Waals surface area contributed by atoms with Gasteiger partial charge in [0.15, 0.2) is 0 Å². The fourth-order valence-electron chi connectivity index (χ4n) is 4.79. The Morgan fingerprint density at radius 3 is 2.18 bits per heavy atom. The molecule has 8 heteroatoms. The van der Waals surface area contributed by atoms with Crippen molar-refractivity contribution in [1.82, 2.24) is 10.2 Å². The zero-order valence-electron chi connectivity index (χ0n) is 21.9. The summed E-state index contributed by atoms with van der Waals surface area (Å²) in [4.78, 5) is 28.7. The molecule has 7 nitrogen and oxygen atoms in total. The smallest absolute Gasteiger partial charge is 0.264 e. The average molecular weight is 534 g/mol. The molecule has 0 aromatic heterocycles. The molecule has 200 valence electrons. The Morgan fingerprint density at radius 2 is 1.55 bits per heavy atom. The van der Waals surface area contributed by atoms with Crippen molar-refractivity contribution >= 4 is 27.5 Å². The first kappa shape index (κ1) is 27.4. The lowest BCUT2D eigenvalue weighted by Crippen LogP contribution is -2.52. The predicted octanol–water partition coefficient (Wildman–Crippen LogP) is 4.67. The highest BCUT2D eigenvalue weighted by atomic mass is 32.2. The summed E-state index contributed by atoms with van der Waals surface area (Å²) in [7, 11) is -4.05. The van der Waals surface area contributed by atoms with Crippen LogP contribution in [0.2, 0.25) is 0 Å². The number of hydrogen-bond donors (Lipinski definition) is 1. The van der Waals surface area contributed by atoms with Gasteiger partial charge < -0.3 is 10.2 Å². The van der Waals surface area contributed by atoms with E-state index >= 15 is 0 Å². The third-order valence-corrected chi connectivity index (χ3v) is 8.75. The van der Waals surface area contributed by atoms with Gasteiger partial charge in [0.1, 0.15) is 12.6 Å². The number of rotatable bonds is 10. The molecule has 0 unspecified atom stereocenters. The monoisotopic (exact) mass is 533 g/mol. The number of nitrogens with zero attached hydrogens (tertiary/aromatic N) is 2. The number of sulfonamides is 1. The first-order valence-corrected chi connectivity index (χ1v) is 14.5. The molecular weight excluding hydrogens is 498 g/mol. The van der Waals surface area contributed by atoms with E-state index in [1.807, 2.05) is 43.3 Å². The topological polar surface area (TPSA) is 86.8 Å². The number of amides is 2. The molecule has 0 saturated heterocycles. The van der Waals surface area contributed by atoms with Crippen LogP contribution in [0, 0.1) is 6.92 Å². The summed E-state index contributed by atoms with van der Waals surface area (Å²) < 4.78 is 28.7. The highest BCUT2D eigenvalue weighted by Gasteiger charge is 2.33. The third-order valence-electron chi connectivity index (χ3n) is 6.96. The molecule has 0 bridgehead atoms. The number of anilines is 1. The Balaban J connectivity index is 1.66. The molecule has 2 amide bonds. The summed E-state index contributed by atoms with van der Waals surface area (Å²) >= 11 is 0. The number of carbonyl (C=O) groups excluding carboxylic acids is 2. The maximum absolute atomic E-state index is 13.9. The fourth-order valence-corrected chi connectivity index (χ4v) is 6.21. The number of nitrogens with one attached hydrogen (secondary N) is 1. The summed E-state index contributed by atoms with van der Waals surface area (Å²) in [6, 6.07) is 23.9. The molecule has 4 rings (SSSR count). The number of benzene rings is 3. The van der Waals surface area contributed by atoms with Gasteiger partial charge in [0.25, 0.3) is 10.0 Å². The van der Waals surface area contributed by atoms with Crippen molar-refractivity contribution in [3.8, 4) is 0 Å². The van der Waals surface area contributed by atoms with Gasteiger partial charge in [-0.25, -0.2) is 8.42 Å². The third kappa shape index (κ3) is 6.61. The van der Waals surface area contributed by atoms with Crippen LogP contribution in [-0.2, 0) is 26.2 Å². The number of hydrogen-bond acceptors (Lipinski definition) is 4. The Kier molecular flexibility index (Phi) is 8.84. The Bertz CT molecular complexity index is 1340. The summed E-state index contributed by atoms with van der Waals surface area (Å²) in [6.07, 6.45) is 4.02. The molecule has 1 N–H and O–H groups in total. The van der Waals surface area contributed by atoms with E-state index in [2.05, 4.69) is 5.32 Å². The van der Waals surface area contributed by atoms with Crippen molar-refractivity contribution in [2.45, 2.75) is 63.1 Å². The van der Waals surface area contributed by atoms with E-state index in [1.165, 1.54) is 17.0 Å². The first-order valence-electron chi connectivity index (χ1n) is 13.0. The Labute approximate surface area is 225 Å². The van der Waals surface area contributed by atoms with Crippen LogP contribution in [0.3, 0.4) is 0 Å². The fraction of sp³-hybridized carbons (Fsp3) is 0.333. The van der Waals surface area contributed by atoms with Gasteiger partial charge in [-0.1, -0.05) is 73.5 Å². The van der Waals surface area contributed by atoms with Crippen molar-refractivity contribution in [2.75, 3.05) is 10.8 Å². The van der Waals surface area contributed by atoms with Crippen LogP contribution < -0.4 is 9.62 Å². The zero-order chi connectivity index (χ0) is 27.1. The molecule has 0 aliphatic heterocycles. The average Bonchev–Trinajstić information content (AvgIpc) is 3.44. The molecule has 3 aromatic rings. The second kappa shape index (κ2) is 12.3. The summed E-state index contributed by atoms with van der Waals surface area (Å²) in [5, 5.41) is 3.08. The Morgan fingerprint density at radius 1 is 0.921 bits per heavy atom. The van der Waals surface area contributed by atoms with Gasteiger partial charge in [-0.05, 0) is 62.1 Å². The van der Waals surface area contributed by atoms with Crippen molar-refractivity contribution in [3.63, 3.8) is 0 Å². The zero-order valence-corrected chi connectivity index (χ0v) is 22.7. The van der Waals surface area contributed by atoms with E-state index < -0.39 is 28.5 Å². The van der Waals surface area contributed by atoms with E-state index in [1.54, 1.807) is 43.3 Å². The number of aryl methyl sites for hydroxylation is 1. The second-order valence-electron chi connectivity index (χ2n) is 9.84. The van der Waals surface area contributed by atoms with Crippen LogP contribution in [0.5, 0.6) is 0 Å². The lowest BCUT2D eigenvalue weighted by molar-refractivity contribution is -0.139. The van der Waals surface area contributed by atoms with Crippen molar-refractivity contribution in [2.24, 2.45) is 0 Å². The van der Waals surface area contributed by atoms with Crippen LogP contribution in [-0.4, -0.2) is 43.8 Å². The van der Waals surface area contributed by atoms with Crippen molar-refractivity contribution < 1.29 is 18.0 Å². The molecular formula is C30H35N3O4S. The van der Waals surface area contributed by atoms with Gasteiger partial charge in [0, 0.05) is 12.6 Å². The van der Waals surface area contributed by atoms with E-state index in [0.29, 0.717) is 5.69 Å². The summed E-state index contributed by atoms with van der Waals surface area (Å²) in [6.45, 7) is 3.32. The van der Waals surface area contributed by atoms with E-state index in [-0.39, 0.29) is 23.4 Å². The van der Waals surface area contributed by atoms with Crippen molar-refractivity contribution in [1.29, 1.82) is 0 Å². The molecule has 1 atom stereocenters.